The minimum absolute atomic E-state index is 0.136. The van der Waals surface area contributed by atoms with Gasteiger partial charge in [0.1, 0.15) is 6.04 Å². The molecular formula is C27H25N3O5S. The first-order valence-electron chi connectivity index (χ1n) is 11.2. The summed E-state index contributed by atoms with van der Waals surface area (Å²) in [6, 6.07) is 21.2. The molecule has 1 aromatic heterocycles. The van der Waals surface area contributed by atoms with Crippen molar-refractivity contribution in [3.63, 3.8) is 0 Å². The number of rotatable bonds is 10. The maximum absolute atomic E-state index is 12.4. The average molecular weight is 504 g/mol. The molecule has 184 valence electrons. The first-order chi connectivity index (χ1) is 17.4. The molecule has 0 radical (unpaired) electrons. The van der Waals surface area contributed by atoms with Crippen LogP contribution in [-0.2, 0) is 4.79 Å². The molecule has 4 N–H and O–H groups in total. The van der Waals surface area contributed by atoms with Gasteiger partial charge in [0.15, 0.2) is 11.5 Å². The van der Waals surface area contributed by atoms with Crippen molar-refractivity contribution in [3.8, 4) is 11.5 Å². The number of aromatic nitrogens is 1. The second-order valence-corrected chi connectivity index (χ2v) is 8.97. The predicted molar refractivity (Wildman–Crippen MR) is 139 cm³/mol. The number of anilines is 1. The van der Waals surface area contributed by atoms with Crippen molar-refractivity contribution in [2.45, 2.75) is 22.3 Å². The fraction of sp³-hybridized carbons (Fsp3) is 0.148. The van der Waals surface area contributed by atoms with E-state index in [1.165, 1.54) is 0 Å². The number of carboxylic acid groups (broad SMARTS) is 1. The minimum Gasteiger partial charge on any atom is -0.493 e. The van der Waals surface area contributed by atoms with Gasteiger partial charge in [-0.25, -0.2) is 0 Å². The number of nitrogens with two attached hydrogens (primary N) is 1. The van der Waals surface area contributed by atoms with E-state index in [9.17, 15) is 9.59 Å². The van der Waals surface area contributed by atoms with Crippen LogP contribution in [0.15, 0.2) is 88.8 Å². The van der Waals surface area contributed by atoms with E-state index in [4.69, 9.17) is 20.3 Å². The first-order valence-corrected chi connectivity index (χ1v) is 12.0. The molecular weight excluding hydrogens is 478 g/mol. The van der Waals surface area contributed by atoms with E-state index in [-0.39, 0.29) is 18.9 Å². The normalized spacial score (nSPS) is 11.6. The Morgan fingerprint density at radius 3 is 2.50 bits per heavy atom. The van der Waals surface area contributed by atoms with E-state index < -0.39 is 12.0 Å². The highest BCUT2D eigenvalue weighted by Crippen LogP contribution is 2.38. The number of aliphatic carboxylic acids is 1. The Balaban J connectivity index is 1.48. The number of fused-ring (bicyclic) bond motifs is 1. The number of nitrogens with one attached hydrogen (secondary N) is 1. The molecule has 9 heteroatoms. The zero-order valence-corrected chi connectivity index (χ0v) is 20.3. The van der Waals surface area contributed by atoms with Gasteiger partial charge in [-0.05, 0) is 48.5 Å². The Hall–Kier alpha value is -4.08. The highest BCUT2D eigenvalue weighted by Gasteiger charge is 2.15. The summed E-state index contributed by atoms with van der Waals surface area (Å²) >= 11 is 1.56. The van der Waals surface area contributed by atoms with E-state index in [2.05, 4.69) is 10.3 Å². The summed E-state index contributed by atoms with van der Waals surface area (Å²) in [6.45, 7) is 0.136. The summed E-state index contributed by atoms with van der Waals surface area (Å²) in [4.78, 5) is 29.7. The highest BCUT2D eigenvalue weighted by atomic mass is 32.2. The summed E-state index contributed by atoms with van der Waals surface area (Å²) in [5.41, 5.74) is 7.57. The molecule has 0 spiro atoms. The summed E-state index contributed by atoms with van der Waals surface area (Å²) in [5.74, 6) is -0.249. The highest BCUT2D eigenvalue weighted by molar-refractivity contribution is 7.99. The third kappa shape index (κ3) is 6.12. The van der Waals surface area contributed by atoms with Crippen LogP contribution >= 0.6 is 11.8 Å². The maximum Gasteiger partial charge on any atom is 0.320 e. The van der Waals surface area contributed by atoms with Crippen LogP contribution in [0.3, 0.4) is 0 Å². The quantitative estimate of drug-likeness (QED) is 0.281. The van der Waals surface area contributed by atoms with Gasteiger partial charge in [0.05, 0.1) is 19.2 Å². The van der Waals surface area contributed by atoms with Crippen LogP contribution in [0.25, 0.3) is 10.9 Å². The summed E-state index contributed by atoms with van der Waals surface area (Å²) in [7, 11) is 1.54. The number of benzene rings is 3. The van der Waals surface area contributed by atoms with Gasteiger partial charge in [-0.2, -0.15) is 0 Å². The molecule has 3 aromatic carbocycles. The fourth-order valence-electron chi connectivity index (χ4n) is 3.44. The molecule has 0 aliphatic rings. The van der Waals surface area contributed by atoms with E-state index in [0.717, 1.165) is 15.2 Å². The smallest absolute Gasteiger partial charge is 0.320 e. The molecule has 1 unspecified atom stereocenters. The van der Waals surface area contributed by atoms with Crippen molar-refractivity contribution in [1.29, 1.82) is 0 Å². The lowest BCUT2D eigenvalue weighted by atomic mass is 10.2. The molecule has 1 heterocycles. The topological polar surface area (TPSA) is 124 Å². The van der Waals surface area contributed by atoms with Crippen molar-refractivity contribution in [2.24, 2.45) is 5.73 Å². The maximum atomic E-state index is 12.4. The van der Waals surface area contributed by atoms with Crippen LogP contribution in [0.2, 0.25) is 0 Å². The Morgan fingerprint density at radius 1 is 1.06 bits per heavy atom. The van der Waals surface area contributed by atoms with Gasteiger partial charge >= 0.3 is 5.97 Å². The van der Waals surface area contributed by atoms with Gasteiger partial charge in [0.25, 0.3) is 5.91 Å². The van der Waals surface area contributed by atoms with E-state index in [1.807, 2.05) is 54.6 Å². The van der Waals surface area contributed by atoms with Gasteiger partial charge < -0.3 is 25.6 Å². The third-order valence-corrected chi connectivity index (χ3v) is 6.45. The van der Waals surface area contributed by atoms with Gasteiger partial charge in [-0.3, -0.25) is 14.6 Å². The fourth-order valence-corrected chi connectivity index (χ4v) is 4.36. The van der Waals surface area contributed by atoms with Crippen LogP contribution in [-0.4, -0.2) is 41.7 Å². The van der Waals surface area contributed by atoms with Crippen molar-refractivity contribution < 1.29 is 24.2 Å². The van der Waals surface area contributed by atoms with Crippen LogP contribution in [0.4, 0.5) is 5.69 Å². The Kier molecular flexibility index (Phi) is 8.04. The number of hydrogen-bond donors (Lipinski definition) is 3. The number of carbonyl (C=O) groups excluding carboxylic acids is 1. The van der Waals surface area contributed by atoms with Crippen LogP contribution in [0.5, 0.6) is 11.5 Å². The molecule has 1 amide bonds. The SMILES string of the molecule is COc1cc2c(Sc3ccc(NC(=O)c4ccccc4)cc3)ccnc2cc1OCCC(N)C(=O)O. The van der Waals surface area contributed by atoms with E-state index >= 15 is 0 Å². The lowest BCUT2D eigenvalue weighted by molar-refractivity contribution is -0.138. The Labute approximate surface area is 212 Å². The summed E-state index contributed by atoms with van der Waals surface area (Å²) < 4.78 is 11.2. The van der Waals surface area contributed by atoms with Gasteiger partial charge in [-0.1, -0.05) is 30.0 Å². The second kappa shape index (κ2) is 11.6. The summed E-state index contributed by atoms with van der Waals surface area (Å²) in [6.07, 6.45) is 1.89. The first kappa shape index (κ1) is 25.0. The molecule has 0 bridgehead atoms. The molecule has 4 rings (SSSR count). The van der Waals surface area contributed by atoms with Crippen LogP contribution in [0.1, 0.15) is 16.8 Å². The number of methoxy groups -OCH3 is 1. The van der Waals surface area contributed by atoms with Crippen molar-refractivity contribution in [2.75, 3.05) is 19.0 Å². The number of carbonyl (C=O) groups is 2. The monoisotopic (exact) mass is 503 g/mol. The third-order valence-electron chi connectivity index (χ3n) is 5.37. The molecule has 0 saturated carbocycles. The zero-order chi connectivity index (χ0) is 25.5. The standard InChI is InChI=1S/C27H25N3O5S/c1-34-23-15-20-22(16-24(23)35-14-12-21(28)27(32)33)29-13-11-25(20)36-19-9-7-18(8-10-19)30-26(31)17-5-3-2-4-6-17/h2-11,13,15-16,21H,12,14,28H2,1H3,(H,30,31)(H,32,33). The van der Waals surface area contributed by atoms with Gasteiger partial charge in [-0.15, -0.1) is 0 Å². The number of amides is 1. The van der Waals surface area contributed by atoms with Crippen molar-refractivity contribution in [3.05, 3.63) is 84.6 Å². The lowest BCUT2D eigenvalue weighted by Gasteiger charge is -2.14. The van der Waals surface area contributed by atoms with Crippen molar-refractivity contribution >= 4 is 40.2 Å². The zero-order valence-electron chi connectivity index (χ0n) is 19.5. The molecule has 0 aliphatic heterocycles. The van der Waals surface area contributed by atoms with Crippen molar-refractivity contribution in [1.82, 2.24) is 4.98 Å². The molecule has 4 aromatic rings. The lowest BCUT2D eigenvalue weighted by Crippen LogP contribution is -2.31. The van der Waals surface area contributed by atoms with Gasteiger partial charge in [0.2, 0.25) is 0 Å². The number of carboxylic acids is 1. The van der Waals surface area contributed by atoms with Crippen LogP contribution in [0, 0.1) is 0 Å². The number of hydrogen-bond acceptors (Lipinski definition) is 7. The predicted octanol–water partition coefficient (Wildman–Crippen LogP) is 4.83. The molecule has 8 nitrogen and oxygen atoms in total. The molecule has 0 fully saturated rings. The number of pyridine rings is 1. The second-order valence-electron chi connectivity index (χ2n) is 7.86. The minimum atomic E-state index is -1.07. The number of nitrogens with zero attached hydrogens (tertiary/aromatic N) is 1. The van der Waals surface area contributed by atoms with E-state index in [1.54, 1.807) is 43.3 Å². The number of ether oxygens (including phenoxy) is 2. The molecule has 0 aliphatic carbocycles. The Morgan fingerprint density at radius 2 is 1.81 bits per heavy atom. The van der Waals surface area contributed by atoms with Gasteiger partial charge in [0, 0.05) is 45.1 Å². The molecule has 36 heavy (non-hydrogen) atoms. The Bertz CT molecular complexity index is 1360. The summed E-state index contributed by atoms with van der Waals surface area (Å²) in [5, 5.41) is 12.7. The van der Waals surface area contributed by atoms with Crippen LogP contribution < -0.4 is 20.5 Å². The molecule has 1 atom stereocenters. The largest absolute Gasteiger partial charge is 0.493 e. The average Bonchev–Trinajstić information content (AvgIpc) is 2.90. The molecule has 0 saturated heterocycles. The van der Waals surface area contributed by atoms with E-state index in [0.29, 0.717) is 28.3 Å².